The normalized spacial score (nSPS) is 14.7. The topological polar surface area (TPSA) is 111 Å². The first-order chi connectivity index (χ1) is 10.8. The molecule has 1 fully saturated rings. The standard InChI is InChI=1S/C11H8N4O.C4H8.CH5N/c12-4-6-3-7-8(5-14-6)15-11-10(7)9(16)1-2-13-11;1-2-4-3-1;1-2/h1,3,5,13,15-16H,2H2;1-4H2;2H2,1H3. The average Bonchev–Trinajstić information content (AvgIpc) is 2.86. The number of nitrogens with two attached hydrogens (primary N) is 1. The molecule has 0 amide bonds. The second kappa shape index (κ2) is 7.48. The van der Waals surface area contributed by atoms with E-state index in [0.29, 0.717) is 17.8 Å². The number of aromatic nitrogens is 2. The Morgan fingerprint density at radius 1 is 1.27 bits per heavy atom. The number of rotatable bonds is 0. The van der Waals surface area contributed by atoms with E-state index in [4.69, 9.17) is 5.26 Å². The van der Waals surface area contributed by atoms with Gasteiger partial charge in [0.05, 0.1) is 17.3 Å². The van der Waals surface area contributed by atoms with Gasteiger partial charge in [-0.2, -0.15) is 5.26 Å². The number of fused-ring (bicyclic) bond motifs is 3. The minimum absolute atomic E-state index is 0.232. The maximum atomic E-state index is 9.81. The summed E-state index contributed by atoms with van der Waals surface area (Å²) >= 11 is 0. The molecule has 0 radical (unpaired) electrons. The van der Waals surface area contributed by atoms with Crippen LogP contribution in [0.2, 0.25) is 0 Å². The van der Waals surface area contributed by atoms with Gasteiger partial charge in [0.25, 0.3) is 0 Å². The van der Waals surface area contributed by atoms with Crippen LogP contribution in [0.25, 0.3) is 16.7 Å². The number of aliphatic hydroxyl groups is 1. The van der Waals surface area contributed by atoms with Crippen molar-refractivity contribution in [3.05, 3.63) is 29.6 Å². The van der Waals surface area contributed by atoms with Crippen LogP contribution in [0, 0.1) is 11.3 Å². The molecule has 5 N–H and O–H groups in total. The van der Waals surface area contributed by atoms with Crippen LogP contribution in [0.4, 0.5) is 5.82 Å². The third-order valence-corrected chi connectivity index (χ3v) is 3.63. The molecule has 2 aliphatic rings. The van der Waals surface area contributed by atoms with Crippen molar-refractivity contribution in [3.8, 4) is 6.07 Å². The monoisotopic (exact) mass is 299 g/mol. The second-order valence-corrected chi connectivity index (χ2v) is 4.99. The van der Waals surface area contributed by atoms with E-state index in [1.165, 1.54) is 32.7 Å². The zero-order chi connectivity index (χ0) is 15.9. The van der Waals surface area contributed by atoms with Crippen molar-refractivity contribution in [1.82, 2.24) is 9.97 Å². The molecule has 0 saturated heterocycles. The molecule has 0 atom stereocenters. The summed E-state index contributed by atoms with van der Waals surface area (Å²) in [7, 11) is 1.50. The van der Waals surface area contributed by atoms with Gasteiger partial charge in [0, 0.05) is 11.9 Å². The molecule has 3 heterocycles. The Morgan fingerprint density at radius 2 is 1.95 bits per heavy atom. The fraction of sp³-hybridized carbons (Fsp3) is 0.375. The summed E-state index contributed by atoms with van der Waals surface area (Å²) in [4.78, 5) is 7.09. The summed E-state index contributed by atoms with van der Waals surface area (Å²) < 4.78 is 0. The fourth-order valence-electron chi connectivity index (χ4n) is 2.16. The summed E-state index contributed by atoms with van der Waals surface area (Å²) in [5.41, 5.74) is 6.35. The van der Waals surface area contributed by atoms with Gasteiger partial charge in [-0.05, 0) is 19.2 Å². The smallest absolute Gasteiger partial charge is 0.141 e. The van der Waals surface area contributed by atoms with Crippen LogP contribution in [-0.2, 0) is 0 Å². The van der Waals surface area contributed by atoms with E-state index in [1.54, 1.807) is 18.3 Å². The number of aromatic amines is 1. The quantitative estimate of drug-likeness (QED) is 0.597. The predicted molar refractivity (Wildman–Crippen MR) is 88.5 cm³/mol. The van der Waals surface area contributed by atoms with E-state index in [1.807, 2.05) is 6.07 Å². The van der Waals surface area contributed by atoms with Crippen LogP contribution in [0.5, 0.6) is 0 Å². The largest absolute Gasteiger partial charge is 0.507 e. The molecule has 2 aromatic heterocycles. The van der Waals surface area contributed by atoms with Crippen LogP contribution >= 0.6 is 0 Å². The minimum atomic E-state index is 0.232. The van der Waals surface area contributed by atoms with Gasteiger partial charge >= 0.3 is 0 Å². The van der Waals surface area contributed by atoms with E-state index in [2.05, 4.69) is 21.0 Å². The highest BCUT2D eigenvalue weighted by molar-refractivity contribution is 5.98. The number of hydrogen-bond donors (Lipinski definition) is 4. The molecule has 0 bridgehead atoms. The molecule has 1 aliphatic carbocycles. The molecule has 0 aromatic carbocycles. The lowest BCUT2D eigenvalue weighted by Gasteiger charge is -2.10. The summed E-state index contributed by atoms with van der Waals surface area (Å²) in [5, 5.41) is 22.5. The molecule has 1 aliphatic heterocycles. The van der Waals surface area contributed by atoms with Crippen molar-refractivity contribution < 1.29 is 5.11 Å². The average molecular weight is 299 g/mol. The molecule has 4 rings (SSSR count). The van der Waals surface area contributed by atoms with Gasteiger partial charge in [-0.1, -0.05) is 25.7 Å². The van der Waals surface area contributed by atoms with Crippen molar-refractivity contribution in [2.75, 3.05) is 18.9 Å². The number of hydrogen-bond acceptors (Lipinski definition) is 5. The lowest BCUT2D eigenvalue weighted by molar-refractivity contribution is 0.504. The number of anilines is 1. The first-order valence-corrected chi connectivity index (χ1v) is 7.42. The lowest BCUT2D eigenvalue weighted by atomic mass is 10.0. The summed E-state index contributed by atoms with van der Waals surface area (Å²) in [6, 6.07) is 3.65. The molecule has 2 aromatic rings. The lowest BCUT2D eigenvalue weighted by Crippen LogP contribution is -2.06. The Labute approximate surface area is 129 Å². The zero-order valence-corrected chi connectivity index (χ0v) is 12.7. The molecule has 0 spiro atoms. The Bertz CT molecular complexity index is 703. The number of aliphatic hydroxyl groups excluding tert-OH is 1. The van der Waals surface area contributed by atoms with Crippen LogP contribution in [0.15, 0.2) is 18.3 Å². The Morgan fingerprint density at radius 3 is 2.55 bits per heavy atom. The van der Waals surface area contributed by atoms with E-state index in [9.17, 15) is 5.11 Å². The van der Waals surface area contributed by atoms with Crippen LogP contribution in [0.1, 0.15) is 36.9 Å². The summed E-state index contributed by atoms with van der Waals surface area (Å²) in [6.07, 6.45) is 9.29. The Hall–Kier alpha value is -2.52. The molecule has 0 unspecified atom stereocenters. The highest BCUT2D eigenvalue weighted by atomic mass is 16.3. The molecular weight excluding hydrogens is 278 g/mol. The maximum absolute atomic E-state index is 9.81. The van der Waals surface area contributed by atoms with E-state index >= 15 is 0 Å². The predicted octanol–water partition coefficient (Wildman–Crippen LogP) is 2.89. The third-order valence-electron chi connectivity index (χ3n) is 3.63. The van der Waals surface area contributed by atoms with Crippen LogP contribution in [-0.4, -0.2) is 28.7 Å². The third kappa shape index (κ3) is 3.21. The van der Waals surface area contributed by atoms with Crippen molar-refractivity contribution in [2.45, 2.75) is 25.7 Å². The van der Waals surface area contributed by atoms with Gasteiger partial charge < -0.3 is 21.1 Å². The second-order valence-electron chi connectivity index (χ2n) is 4.99. The van der Waals surface area contributed by atoms with E-state index in [0.717, 1.165) is 16.7 Å². The maximum Gasteiger partial charge on any atom is 0.141 e. The molecule has 116 valence electrons. The highest BCUT2D eigenvalue weighted by Gasteiger charge is 2.18. The number of nitrogens with one attached hydrogen (secondary N) is 2. The highest BCUT2D eigenvalue weighted by Crippen LogP contribution is 2.33. The summed E-state index contributed by atoms with van der Waals surface area (Å²) in [6.45, 7) is 0.587. The van der Waals surface area contributed by atoms with Gasteiger partial charge in [-0.15, -0.1) is 0 Å². The van der Waals surface area contributed by atoms with Crippen LogP contribution in [0.3, 0.4) is 0 Å². The minimum Gasteiger partial charge on any atom is -0.507 e. The first kappa shape index (κ1) is 15.9. The van der Waals surface area contributed by atoms with Gasteiger partial charge in [0.1, 0.15) is 23.3 Å². The van der Waals surface area contributed by atoms with Gasteiger partial charge in [0.2, 0.25) is 0 Å². The van der Waals surface area contributed by atoms with Gasteiger partial charge in [0.15, 0.2) is 0 Å². The molecule has 6 nitrogen and oxygen atoms in total. The Balaban J connectivity index is 0.000000251. The van der Waals surface area contributed by atoms with Crippen LogP contribution < -0.4 is 11.1 Å². The van der Waals surface area contributed by atoms with Crippen molar-refractivity contribution in [2.24, 2.45) is 5.73 Å². The zero-order valence-electron chi connectivity index (χ0n) is 12.7. The number of nitriles is 1. The van der Waals surface area contributed by atoms with E-state index < -0.39 is 0 Å². The SMILES string of the molecule is C1CCC1.CN.N#Cc1cc2c3c([nH]c2cn1)NCC=C3O. The molecule has 6 heteroatoms. The fourth-order valence-corrected chi connectivity index (χ4v) is 2.16. The van der Waals surface area contributed by atoms with Gasteiger partial charge in [-0.3, -0.25) is 0 Å². The molecule has 22 heavy (non-hydrogen) atoms. The van der Waals surface area contributed by atoms with Gasteiger partial charge in [-0.25, -0.2) is 4.98 Å². The molecular formula is C16H21N5O. The number of nitrogens with zero attached hydrogens (tertiary/aromatic N) is 2. The summed E-state index contributed by atoms with van der Waals surface area (Å²) in [5.74, 6) is 1.00. The van der Waals surface area contributed by atoms with E-state index in [-0.39, 0.29) is 5.76 Å². The van der Waals surface area contributed by atoms with Crippen molar-refractivity contribution in [3.63, 3.8) is 0 Å². The molecule has 1 saturated carbocycles. The first-order valence-electron chi connectivity index (χ1n) is 7.42. The number of H-pyrrole nitrogens is 1. The van der Waals surface area contributed by atoms with Crippen molar-refractivity contribution >= 4 is 22.5 Å². The number of pyridine rings is 1. The van der Waals surface area contributed by atoms with Crippen molar-refractivity contribution in [1.29, 1.82) is 5.26 Å². The Kier molecular flexibility index (Phi) is 5.39.